The minimum atomic E-state index is -1.18. The van der Waals surface area contributed by atoms with E-state index in [0.717, 1.165) is 12.1 Å². The Bertz CT molecular complexity index is 1060. The average Bonchev–Trinajstić information content (AvgIpc) is 2.62. The fraction of sp³-hybridized carbons (Fsp3) is 0.100. The summed E-state index contributed by atoms with van der Waals surface area (Å²) in [4.78, 5) is 1.42. The van der Waals surface area contributed by atoms with Gasteiger partial charge in [0.2, 0.25) is 0 Å². The van der Waals surface area contributed by atoms with Gasteiger partial charge in [0, 0.05) is 24.2 Å². The van der Waals surface area contributed by atoms with E-state index in [0.29, 0.717) is 32.5 Å². The van der Waals surface area contributed by atoms with Crippen LogP contribution < -0.4 is 10.2 Å². The van der Waals surface area contributed by atoms with E-state index in [9.17, 15) is 19.0 Å². The summed E-state index contributed by atoms with van der Waals surface area (Å²) in [6.07, 6.45) is -1.18. The molecule has 0 aliphatic carbocycles. The lowest BCUT2D eigenvalue weighted by Gasteiger charge is -2.38. The van der Waals surface area contributed by atoms with Crippen molar-refractivity contribution >= 4 is 34.6 Å². The van der Waals surface area contributed by atoms with Gasteiger partial charge in [-0.2, -0.15) is 0 Å². The van der Waals surface area contributed by atoms with Crippen molar-refractivity contribution in [3.05, 3.63) is 75.8 Å². The average molecular weight is 423 g/mol. The Morgan fingerprint density at radius 3 is 2.39 bits per heavy atom. The van der Waals surface area contributed by atoms with Gasteiger partial charge in [-0.05, 0) is 41.5 Å². The van der Waals surface area contributed by atoms with Crippen molar-refractivity contribution in [1.82, 2.24) is 5.32 Å². The van der Waals surface area contributed by atoms with Crippen LogP contribution in [0.2, 0.25) is 10.0 Å². The highest BCUT2D eigenvalue weighted by molar-refractivity contribution is 6.39. The molecule has 144 valence electrons. The summed E-state index contributed by atoms with van der Waals surface area (Å²) in [5, 5.41) is 24.3. The monoisotopic (exact) mass is 422 g/mol. The number of phenols is 1. The van der Waals surface area contributed by atoms with Gasteiger partial charge in [0.25, 0.3) is 0 Å². The van der Waals surface area contributed by atoms with E-state index in [1.807, 2.05) is 0 Å². The van der Waals surface area contributed by atoms with Gasteiger partial charge in [0.05, 0.1) is 21.4 Å². The van der Waals surface area contributed by atoms with Crippen LogP contribution in [0.4, 0.5) is 20.2 Å². The molecule has 0 spiro atoms. The van der Waals surface area contributed by atoms with E-state index in [4.69, 9.17) is 23.2 Å². The minimum absolute atomic E-state index is 0.122. The van der Waals surface area contributed by atoms with Crippen molar-refractivity contribution in [3.63, 3.8) is 0 Å². The topological polar surface area (TPSA) is 55.7 Å². The van der Waals surface area contributed by atoms with E-state index < -0.39 is 18.0 Å². The number of para-hydroxylation sites is 1. The van der Waals surface area contributed by atoms with Crippen molar-refractivity contribution in [1.29, 1.82) is 0 Å². The van der Waals surface area contributed by atoms with E-state index in [1.165, 1.54) is 23.1 Å². The Balaban J connectivity index is 1.97. The molecule has 8 heteroatoms. The maximum atomic E-state index is 14.4. The SMILES string of the molecule is Oc1cc(-c2ccc(F)cc2F)c2c(c1)N(c1c(Cl)cccc1Cl)C(O)NC2. The van der Waals surface area contributed by atoms with Gasteiger partial charge in [0.15, 0.2) is 6.35 Å². The fourth-order valence-corrected chi connectivity index (χ4v) is 3.95. The molecule has 0 fully saturated rings. The van der Waals surface area contributed by atoms with E-state index in [2.05, 4.69) is 5.32 Å². The molecule has 0 saturated carbocycles. The Hall–Kier alpha value is -2.38. The molecule has 0 amide bonds. The molecule has 3 aromatic rings. The first-order chi connectivity index (χ1) is 13.4. The van der Waals surface area contributed by atoms with Crippen LogP contribution >= 0.6 is 23.2 Å². The number of aromatic hydroxyl groups is 1. The van der Waals surface area contributed by atoms with Crippen molar-refractivity contribution in [3.8, 4) is 16.9 Å². The van der Waals surface area contributed by atoms with Crippen LogP contribution in [0.15, 0.2) is 48.5 Å². The number of nitrogens with one attached hydrogen (secondary N) is 1. The number of aliphatic hydroxyl groups is 1. The normalized spacial score (nSPS) is 16.2. The highest BCUT2D eigenvalue weighted by Gasteiger charge is 2.31. The number of anilines is 2. The van der Waals surface area contributed by atoms with Crippen LogP contribution in [-0.2, 0) is 6.54 Å². The minimum Gasteiger partial charge on any atom is -0.508 e. The molecule has 3 N–H and O–H groups in total. The molecular formula is C20H14Cl2F2N2O2. The number of phenolic OH excluding ortho intramolecular Hbond substituents is 1. The standard InChI is InChI=1S/C20H14Cl2F2N2O2/c21-15-2-1-3-16(22)19(15)26-18-8-11(27)7-13(14(18)9-25-20(26)28)12-5-4-10(23)6-17(12)24/h1-8,20,25,27-28H,9H2. The third kappa shape index (κ3) is 3.18. The summed E-state index contributed by atoms with van der Waals surface area (Å²) in [5.41, 5.74) is 1.81. The van der Waals surface area contributed by atoms with Gasteiger partial charge in [-0.15, -0.1) is 0 Å². The van der Waals surface area contributed by atoms with Crippen molar-refractivity contribution < 1.29 is 19.0 Å². The first kappa shape index (κ1) is 19.0. The summed E-state index contributed by atoms with van der Waals surface area (Å²) >= 11 is 12.6. The number of hydrogen-bond acceptors (Lipinski definition) is 4. The van der Waals surface area contributed by atoms with E-state index >= 15 is 0 Å². The molecule has 28 heavy (non-hydrogen) atoms. The van der Waals surface area contributed by atoms with Gasteiger partial charge in [0.1, 0.15) is 17.4 Å². The second-order valence-electron chi connectivity index (χ2n) is 6.31. The molecule has 1 atom stereocenters. The predicted molar refractivity (Wildman–Crippen MR) is 105 cm³/mol. The first-order valence-corrected chi connectivity index (χ1v) is 9.08. The Labute approximate surface area is 169 Å². The van der Waals surface area contributed by atoms with Crippen molar-refractivity contribution in [2.24, 2.45) is 0 Å². The number of halogens is 4. The van der Waals surface area contributed by atoms with Crippen LogP contribution in [0.3, 0.4) is 0 Å². The van der Waals surface area contributed by atoms with Crippen molar-refractivity contribution in [2.45, 2.75) is 12.9 Å². The third-order valence-electron chi connectivity index (χ3n) is 4.58. The second-order valence-corrected chi connectivity index (χ2v) is 7.12. The predicted octanol–water partition coefficient (Wildman–Crippen LogP) is 5.16. The molecule has 1 aliphatic rings. The van der Waals surface area contributed by atoms with Gasteiger partial charge in [-0.3, -0.25) is 10.2 Å². The van der Waals surface area contributed by atoms with Crippen LogP contribution in [0, 0.1) is 11.6 Å². The molecule has 1 unspecified atom stereocenters. The summed E-state index contributed by atoms with van der Waals surface area (Å²) in [7, 11) is 0. The number of rotatable bonds is 2. The number of hydrogen-bond donors (Lipinski definition) is 3. The van der Waals surface area contributed by atoms with Crippen LogP contribution in [0.5, 0.6) is 5.75 Å². The lowest BCUT2D eigenvalue weighted by molar-refractivity contribution is 0.135. The maximum Gasteiger partial charge on any atom is 0.188 e. The zero-order valence-corrected chi connectivity index (χ0v) is 15.8. The molecular weight excluding hydrogens is 409 g/mol. The number of aliphatic hydroxyl groups excluding tert-OH is 1. The lowest BCUT2D eigenvalue weighted by Crippen LogP contribution is -2.47. The summed E-state index contributed by atoms with van der Waals surface area (Å²) < 4.78 is 27.7. The van der Waals surface area contributed by atoms with Crippen LogP contribution in [-0.4, -0.2) is 16.6 Å². The Kier molecular flexibility index (Phi) is 4.89. The summed E-state index contributed by atoms with van der Waals surface area (Å²) in [6.45, 7) is 0.182. The quantitative estimate of drug-likeness (QED) is 0.533. The zero-order valence-electron chi connectivity index (χ0n) is 14.3. The Morgan fingerprint density at radius 1 is 1.00 bits per heavy atom. The molecule has 0 aromatic heterocycles. The van der Waals surface area contributed by atoms with Gasteiger partial charge < -0.3 is 10.2 Å². The number of fused-ring (bicyclic) bond motifs is 1. The second kappa shape index (κ2) is 7.22. The van der Waals surface area contributed by atoms with Crippen LogP contribution in [0.25, 0.3) is 11.1 Å². The number of benzene rings is 3. The van der Waals surface area contributed by atoms with E-state index in [-0.39, 0.29) is 17.9 Å². The molecule has 1 aliphatic heterocycles. The molecule has 4 rings (SSSR count). The first-order valence-electron chi connectivity index (χ1n) is 8.33. The molecule has 1 heterocycles. The smallest absolute Gasteiger partial charge is 0.188 e. The van der Waals surface area contributed by atoms with E-state index in [1.54, 1.807) is 18.2 Å². The number of nitrogens with zero attached hydrogens (tertiary/aromatic N) is 1. The maximum absolute atomic E-state index is 14.4. The zero-order chi connectivity index (χ0) is 20.0. The lowest BCUT2D eigenvalue weighted by atomic mass is 9.95. The molecule has 0 bridgehead atoms. The highest BCUT2D eigenvalue weighted by Crippen LogP contribution is 2.45. The fourth-order valence-electron chi connectivity index (χ4n) is 3.37. The largest absolute Gasteiger partial charge is 0.508 e. The van der Waals surface area contributed by atoms with Gasteiger partial charge in [-0.25, -0.2) is 8.78 Å². The van der Waals surface area contributed by atoms with Gasteiger partial charge in [-0.1, -0.05) is 29.3 Å². The molecule has 0 saturated heterocycles. The Morgan fingerprint density at radius 2 is 1.71 bits per heavy atom. The van der Waals surface area contributed by atoms with Gasteiger partial charge >= 0.3 is 0 Å². The molecule has 3 aromatic carbocycles. The van der Waals surface area contributed by atoms with Crippen molar-refractivity contribution in [2.75, 3.05) is 4.90 Å². The molecule has 0 radical (unpaired) electrons. The summed E-state index contributed by atoms with van der Waals surface area (Å²) in [5.74, 6) is -1.62. The third-order valence-corrected chi connectivity index (χ3v) is 5.19. The summed E-state index contributed by atoms with van der Waals surface area (Å²) in [6, 6.07) is 10.9. The highest BCUT2D eigenvalue weighted by atomic mass is 35.5. The molecule has 4 nitrogen and oxygen atoms in total. The van der Waals surface area contributed by atoms with Crippen LogP contribution in [0.1, 0.15) is 5.56 Å².